The lowest BCUT2D eigenvalue weighted by Gasteiger charge is -2.33. The largest absolute Gasteiger partial charge is 0.368 e. The van der Waals surface area contributed by atoms with Gasteiger partial charge in [-0.15, -0.1) is 0 Å². The molecule has 0 bridgehead atoms. The number of anilines is 1. The number of aromatic amines is 1. The van der Waals surface area contributed by atoms with E-state index in [4.69, 9.17) is 9.72 Å². The number of amides is 1. The third-order valence-electron chi connectivity index (χ3n) is 5.55. The Morgan fingerprint density at radius 1 is 1.14 bits per heavy atom. The summed E-state index contributed by atoms with van der Waals surface area (Å²) in [6.07, 6.45) is 5.79. The summed E-state index contributed by atoms with van der Waals surface area (Å²) >= 11 is 0. The molecule has 1 N–H and O–H groups in total. The molecular formula is C21H23N5O2. The van der Waals surface area contributed by atoms with Gasteiger partial charge in [-0.3, -0.25) is 4.79 Å². The molecule has 1 aromatic carbocycles. The predicted octanol–water partition coefficient (Wildman–Crippen LogP) is 2.77. The third-order valence-corrected chi connectivity index (χ3v) is 5.55. The summed E-state index contributed by atoms with van der Waals surface area (Å²) in [4.78, 5) is 29.6. The number of carbonyl (C=O) groups excluding carboxylic acids is 1. The summed E-state index contributed by atoms with van der Waals surface area (Å²) in [5.74, 6) is 0.786. The van der Waals surface area contributed by atoms with Gasteiger partial charge in [-0.2, -0.15) is 0 Å². The summed E-state index contributed by atoms with van der Waals surface area (Å²) < 4.78 is 5.96. The minimum atomic E-state index is -0.232. The van der Waals surface area contributed by atoms with E-state index >= 15 is 0 Å². The molecule has 3 aromatic rings. The molecule has 7 heteroatoms. The molecule has 0 saturated carbocycles. The maximum absolute atomic E-state index is 13.2. The van der Waals surface area contributed by atoms with Crippen LogP contribution in [0.3, 0.4) is 0 Å². The van der Waals surface area contributed by atoms with Gasteiger partial charge in [-0.25, -0.2) is 9.97 Å². The Hall–Kier alpha value is -2.93. The van der Waals surface area contributed by atoms with Crippen LogP contribution in [0.1, 0.15) is 35.0 Å². The van der Waals surface area contributed by atoms with Gasteiger partial charge in [0.15, 0.2) is 0 Å². The van der Waals surface area contributed by atoms with Gasteiger partial charge in [0.1, 0.15) is 6.10 Å². The highest BCUT2D eigenvalue weighted by Crippen LogP contribution is 2.25. The number of para-hydroxylation sites is 1. The predicted molar refractivity (Wildman–Crippen MR) is 106 cm³/mol. The van der Waals surface area contributed by atoms with E-state index in [2.05, 4.69) is 14.9 Å². The Kier molecular flexibility index (Phi) is 4.44. The van der Waals surface area contributed by atoms with E-state index in [1.165, 1.54) is 12.8 Å². The maximum Gasteiger partial charge on any atom is 0.256 e. The zero-order chi connectivity index (χ0) is 18.9. The van der Waals surface area contributed by atoms with Crippen LogP contribution in [0.2, 0.25) is 0 Å². The molecule has 0 aliphatic carbocycles. The lowest BCUT2D eigenvalue weighted by atomic mass is 10.1. The number of nitrogens with one attached hydrogen (secondary N) is 1. The minimum Gasteiger partial charge on any atom is -0.368 e. The van der Waals surface area contributed by atoms with Gasteiger partial charge in [0, 0.05) is 37.4 Å². The number of aromatic nitrogens is 3. The van der Waals surface area contributed by atoms with Crippen molar-refractivity contribution in [1.82, 2.24) is 19.9 Å². The van der Waals surface area contributed by atoms with Crippen molar-refractivity contribution in [3.05, 3.63) is 54.0 Å². The van der Waals surface area contributed by atoms with Crippen molar-refractivity contribution in [2.45, 2.75) is 18.9 Å². The third kappa shape index (κ3) is 3.11. The van der Waals surface area contributed by atoms with Crippen LogP contribution >= 0.6 is 0 Å². The molecule has 2 fully saturated rings. The second-order valence-corrected chi connectivity index (χ2v) is 7.33. The lowest BCUT2D eigenvalue weighted by Crippen LogP contribution is -2.42. The highest BCUT2D eigenvalue weighted by molar-refractivity contribution is 6.05. The zero-order valence-electron chi connectivity index (χ0n) is 15.7. The van der Waals surface area contributed by atoms with Crippen LogP contribution in [-0.4, -0.2) is 58.5 Å². The quantitative estimate of drug-likeness (QED) is 0.760. The molecule has 1 unspecified atom stereocenters. The number of carbonyl (C=O) groups is 1. The van der Waals surface area contributed by atoms with E-state index in [0.29, 0.717) is 25.3 Å². The fraction of sp³-hybridized carbons (Fsp3) is 0.381. The average Bonchev–Trinajstić information content (AvgIpc) is 3.45. The molecule has 2 saturated heterocycles. The van der Waals surface area contributed by atoms with Crippen molar-refractivity contribution in [3.8, 4) is 0 Å². The molecule has 2 aliphatic heterocycles. The monoisotopic (exact) mass is 377 g/mol. The molecule has 2 aromatic heterocycles. The molecule has 7 nitrogen and oxygen atoms in total. The fourth-order valence-corrected chi connectivity index (χ4v) is 4.06. The number of morpholine rings is 1. The number of hydrogen-bond acceptors (Lipinski definition) is 5. The molecule has 2 aliphatic rings. The minimum absolute atomic E-state index is 0.0233. The summed E-state index contributed by atoms with van der Waals surface area (Å²) in [7, 11) is 0. The molecule has 1 amide bonds. The van der Waals surface area contributed by atoms with Crippen LogP contribution < -0.4 is 4.90 Å². The first-order chi connectivity index (χ1) is 13.8. The Morgan fingerprint density at radius 3 is 2.93 bits per heavy atom. The average molecular weight is 377 g/mol. The topological polar surface area (TPSA) is 74.3 Å². The Bertz CT molecular complexity index is 995. The fourth-order valence-electron chi connectivity index (χ4n) is 4.06. The second-order valence-electron chi connectivity index (χ2n) is 7.33. The number of H-pyrrole nitrogens is 1. The smallest absolute Gasteiger partial charge is 0.256 e. The van der Waals surface area contributed by atoms with E-state index < -0.39 is 0 Å². The highest BCUT2D eigenvalue weighted by atomic mass is 16.5. The maximum atomic E-state index is 13.2. The Labute approximate surface area is 163 Å². The number of hydrogen-bond donors (Lipinski definition) is 1. The van der Waals surface area contributed by atoms with Crippen LogP contribution in [-0.2, 0) is 4.74 Å². The van der Waals surface area contributed by atoms with E-state index in [1.807, 2.05) is 41.4 Å². The van der Waals surface area contributed by atoms with E-state index in [-0.39, 0.29) is 12.0 Å². The van der Waals surface area contributed by atoms with Crippen LogP contribution in [0.15, 0.2) is 42.7 Å². The number of rotatable bonds is 3. The lowest BCUT2D eigenvalue weighted by molar-refractivity contribution is -0.0246. The first-order valence-corrected chi connectivity index (χ1v) is 9.84. The van der Waals surface area contributed by atoms with Gasteiger partial charge in [0.05, 0.1) is 29.9 Å². The second kappa shape index (κ2) is 7.24. The number of nitrogens with zero attached hydrogens (tertiary/aromatic N) is 4. The zero-order valence-corrected chi connectivity index (χ0v) is 15.7. The highest BCUT2D eigenvalue weighted by Gasteiger charge is 2.28. The molecule has 0 radical (unpaired) electrons. The molecule has 28 heavy (non-hydrogen) atoms. The Balaban J connectivity index is 1.37. The van der Waals surface area contributed by atoms with Crippen LogP contribution in [0, 0.1) is 0 Å². The molecule has 4 heterocycles. The van der Waals surface area contributed by atoms with Gasteiger partial charge >= 0.3 is 0 Å². The summed E-state index contributed by atoms with van der Waals surface area (Å²) in [6, 6.07) is 9.68. The van der Waals surface area contributed by atoms with Gasteiger partial charge in [0.25, 0.3) is 5.91 Å². The van der Waals surface area contributed by atoms with E-state index in [9.17, 15) is 4.79 Å². The standard InChI is InChI=1S/C21H23N5O2/c27-20(16-5-3-4-15-6-8-22-19(15)16)26-12-13-28-18(14-26)17-7-9-23-21(24-17)25-10-1-2-11-25/h3-9,18,22H,1-2,10-14H2. The summed E-state index contributed by atoms with van der Waals surface area (Å²) in [5.41, 5.74) is 2.42. The normalized spacial score (nSPS) is 20.1. The van der Waals surface area contributed by atoms with E-state index in [1.54, 1.807) is 6.20 Å². The van der Waals surface area contributed by atoms with Gasteiger partial charge < -0.3 is 19.5 Å². The van der Waals surface area contributed by atoms with Crippen molar-refractivity contribution >= 4 is 22.8 Å². The van der Waals surface area contributed by atoms with Crippen molar-refractivity contribution in [2.75, 3.05) is 37.7 Å². The van der Waals surface area contributed by atoms with Crippen LogP contribution in [0.4, 0.5) is 5.95 Å². The van der Waals surface area contributed by atoms with Crippen LogP contribution in [0.25, 0.3) is 10.9 Å². The molecule has 5 rings (SSSR count). The molecular weight excluding hydrogens is 354 g/mol. The van der Waals surface area contributed by atoms with Crippen LogP contribution in [0.5, 0.6) is 0 Å². The summed E-state index contributed by atoms with van der Waals surface area (Å²) in [6.45, 7) is 3.57. The molecule has 1 atom stereocenters. The first-order valence-electron chi connectivity index (χ1n) is 9.84. The summed E-state index contributed by atoms with van der Waals surface area (Å²) in [5, 5.41) is 1.04. The SMILES string of the molecule is O=C(c1cccc2cc[nH]c12)N1CCOC(c2ccnc(N3CCCC3)n2)C1. The van der Waals surface area contributed by atoms with Gasteiger partial charge in [0.2, 0.25) is 5.95 Å². The number of fused-ring (bicyclic) bond motifs is 1. The molecule has 0 spiro atoms. The van der Waals surface area contributed by atoms with Crippen molar-refractivity contribution in [2.24, 2.45) is 0 Å². The van der Waals surface area contributed by atoms with Gasteiger partial charge in [-0.1, -0.05) is 12.1 Å². The Morgan fingerprint density at radius 2 is 2.04 bits per heavy atom. The first kappa shape index (κ1) is 17.2. The van der Waals surface area contributed by atoms with Crippen molar-refractivity contribution in [3.63, 3.8) is 0 Å². The van der Waals surface area contributed by atoms with Gasteiger partial charge in [-0.05, 0) is 31.0 Å². The van der Waals surface area contributed by atoms with E-state index in [0.717, 1.165) is 35.6 Å². The van der Waals surface area contributed by atoms with Crippen molar-refractivity contribution in [1.29, 1.82) is 0 Å². The van der Waals surface area contributed by atoms with Crippen molar-refractivity contribution < 1.29 is 9.53 Å². The number of ether oxygens (including phenoxy) is 1. The number of benzene rings is 1. The molecule has 144 valence electrons.